The van der Waals surface area contributed by atoms with E-state index in [1.807, 2.05) is 30.3 Å². The van der Waals surface area contributed by atoms with Gasteiger partial charge in [-0.3, -0.25) is 4.31 Å². The van der Waals surface area contributed by atoms with Crippen LogP contribution in [0.25, 0.3) is 0 Å². The van der Waals surface area contributed by atoms with Gasteiger partial charge < -0.3 is 0 Å². The summed E-state index contributed by atoms with van der Waals surface area (Å²) in [6.07, 6.45) is -1.72. The number of piperidine rings is 1. The third-order valence-corrected chi connectivity index (χ3v) is 10.8. The maximum Gasteiger partial charge on any atom is 0.264 e. The molecule has 0 radical (unpaired) electrons. The van der Waals surface area contributed by atoms with Gasteiger partial charge in [-0.1, -0.05) is 60.7 Å². The second-order valence-corrected chi connectivity index (χ2v) is 13.2. The summed E-state index contributed by atoms with van der Waals surface area (Å²) in [7, 11) is -7.51. The number of hydrogen-bond donors (Lipinski definition) is 0. The Kier molecular flexibility index (Phi) is 6.38. The molecule has 0 saturated carbocycles. The van der Waals surface area contributed by atoms with Crippen LogP contribution in [-0.4, -0.2) is 40.8 Å². The zero-order valence-corrected chi connectivity index (χ0v) is 21.1. The average molecular weight is 533 g/mol. The Balaban J connectivity index is 1.39. The van der Waals surface area contributed by atoms with Crippen molar-refractivity contribution in [2.75, 3.05) is 23.9 Å². The van der Waals surface area contributed by atoms with Gasteiger partial charge in [0, 0.05) is 30.6 Å². The summed E-state index contributed by atoms with van der Waals surface area (Å²) in [6, 6.07) is 21.0. The lowest BCUT2D eigenvalue weighted by atomic mass is 9.75. The molecule has 1 fully saturated rings. The van der Waals surface area contributed by atoms with Crippen LogP contribution < -0.4 is 4.31 Å². The molecule has 10 heteroatoms. The standard InChI is InChI=1S/C26H26F2N2O4S2/c27-25(28)21-10-12-22(13-11-21)36(33,34)30-19-26(23-8-4-5-9-24(23)30)14-16-29(17-15-26)35(31,32)18-20-6-2-1-3-7-20/h1-13,25H,14-19H2. The minimum absolute atomic E-state index is 0.0540. The Morgan fingerprint density at radius 3 is 2.06 bits per heavy atom. The Labute approximate surface area is 210 Å². The number of halogens is 2. The normalized spacial score (nSPS) is 18.0. The minimum atomic E-state index is -4.00. The van der Waals surface area contributed by atoms with Gasteiger partial charge in [0.1, 0.15) is 0 Å². The number of sulfonamides is 2. The molecule has 0 atom stereocenters. The van der Waals surface area contributed by atoms with Gasteiger partial charge in [-0.25, -0.2) is 29.9 Å². The van der Waals surface area contributed by atoms with Crippen molar-refractivity contribution in [1.29, 1.82) is 0 Å². The van der Waals surface area contributed by atoms with Crippen LogP contribution in [-0.2, 0) is 31.2 Å². The Morgan fingerprint density at radius 1 is 0.806 bits per heavy atom. The van der Waals surface area contributed by atoms with E-state index in [0.717, 1.165) is 23.3 Å². The lowest BCUT2D eigenvalue weighted by Gasteiger charge is -2.39. The quantitative estimate of drug-likeness (QED) is 0.462. The van der Waals surface area contributed by atoms with E-state index in [1.165, 1.54) is 20.7 Å². The van der Waals surface area contributed by atoms with Crippen LogP contribution in [0.1, 0.15) is 36.0 Å². The van der Waals surface area contributed by atoms with E-state index in [9.17, 15) is 25.6 Å². The van der Waals surface area contributed by atoms with E-state index in [2.05, 4.69) is 0 Å². The fourth-order valence-electron chi connectivity index (χ4n) is 5.21. The third kappa shape index (κ3) is 4.42. The summed E-state index contributed by atoms with van der Waals surface area (Å²) in [5.74, 6) is -0.0768. The van der Waals surface area contributed by atoms with Crippen molar-refractivity contribution in [2.24, 2.45) is 0 Å². The van der Waals surface area contributed by atoms with Crippen molar-refractivity contribution < 1.29 is 25.6 Å². The molecule has 5 rings (SSSR count). The van der Waals surface area contributed by atoms with E-state index in [-0.39, 0.29) is 22.8 Å². The number of benzene rings is 3. The van der Waals surface area contributed by atoms with Crippen LogP contribution >= 0.6 is 0 Å². The highest BCUT2D eigenvalue weighted by Crippen LogP contribution is 2.49. The molecular formula is C26H26F2N2O4S2. The van der Waals surface area contributed by atoms with E-state index >= 15 is 0 Å². The molecule has 1 saturated heterocycles. The SMILES string of the molecule is O=S(=O)(Cc1ccccc1)N1CCC2(CC1)CN(S(=O)(=O)c1ccc(C(F)F)cc1)c1ccccc12. The highest BCUT2D eigenvalue weighted by molar-refractivity contribution is 7.92. The van der Waals surface area contributed by atoms with Gasteiger partial charge in [-0.05, 0) is 42.2 Å². The van der Waals surface area contributed by atoms with Gasteiger partial charge in [-0.2, -0.15) is 0 Å². The highest BCUT2D eigenvalue weighted by atomic mass is 32.2. The molecule has 0 aliphatic carbocycles. The molecule has 2 aliphatic heterocycles. The summed E-state index contributed by atoms with van der Waals surface area (Å²) in [6.45, 7) is 0.763. The maximum absolute atomic E-state index is 13.6. The predicted molar refractivity (Wildman–Crippen MR) is 134 cm³/mol. The smallest absolute Gasteiger partial charge is 0.264 e. The van der Waals surface area contributed by atoms with Crippen molar-refractivity contribution in [1.82, 2.24) is 4.31 Å². The molecule has 6 nitrogen and oxygen atoms in total. The first-order valence-corrected chi connectivity index (χ1v) is 14.7. The molecule has 1 spiro atoms. The number of hydrogen-bond acceptors (Lipinski definition) is 4. The number of fused-ring (bicyclic) bond motifs is 2. The molecule has 2 aliphatic rings. The zero-order valence-electron chi connectivity index (χ0n) is 19.4. The van der Waals surface area contributed by atoms with Crippen LogP contribution in [0.4, 0.5) is 14.5 Å². The van der Waals surface area contributed by atoms with Gasteiger partial charge in [0.05, 0.1) is 16.3 Å². The van der Waals surface area contributed by atoms with Gasteiger partial charge in [-0.15, -0.1) is 0 Å². The molecule has 3 aromatic rings. The van der Waals surface area contributed by atoms with Crippen LogP contribution in [0.3, 0.4) is 0 Å². The number of alkyl halides is 2. The molecule has 0 bridgehead atoms. The zero-order chi connectivity index (χ0) is 25.6. The molecule has 2 heterocycles. The summed E-state index contributed by atoms with van der Waals surface area (Å²) >= 11 is 0. The molecule has 0 aromatic heterocycles. The summed E-state index contributed by atoms with van der Waals surface area (Å²) < 4.78 is 82.0. The predicted octanol–water partition coefficient (Wildman–Crippen LogP) is 4.70. The molecule has 0 unspecified atom stereocenters. The van der Waals surface area contributed by atoms with Crippen molar-refractivity contribution in [2.45, 2.75) is 35.3 Å². The van der Waals surface area contributed by atoms with Crippen LogP contribution in [0.15, 0.2) is 83.8 Å². The molecule has 36 heavy (non-hydrogen) atoms. The molecule has 0 amide bonds. The van der Waals surface area contributed by atoms with Gasteiger partial charge >= 0.3 is 0 Å². The van der Waals surface area contributed by atoms with E-state index in [1.54, 1.807) is 24.3 Å². The van der Waals surface area contributed by atoms with Crippen LogP contribution in [0, 0.1) is 0 Å². The third-order valence-electron chi connectivity index (χ3n) is 7.18. The van der Waals surface area contributed by atoms with Crippen molar-refractivity contribution in [3.05, 3.63) is 95.6 Å². The number of rotatable bonds is 6. The van der Waals surface area contributed by atoms with Crippen molar-refractivity contribution in [3.63, 3.8) is 0 Å². The molecule has 190 valence electrons. The number of para-hydroxylation sites is 1. The van der Waals surface area contributed by atoms with E-state index in [4.69, 9.17) is 0 Å². The molecule has 0 N–H and O–H groups in total. The van der Waals surface area contributed by atoms with E-state index < -0.39 is 31.9 Å². The highest BCUT2D eigenvalue weighted by Gasteiger charge is 2.49. The first kappa shape index (κ1) is 24.9. The topological polar surface area (TPSA) is 74.8 Å². The van der Waals surface area contributed by atoms with Crippen molar-refractivity contribution in [3.8, 4) is 0 Å². The largest absolute Gasteiger partial charge is 0.265 e. The van der Waals surface area contributed by atoms with Gasteiger partial charge in [0.15, 0.2) is 0 Å². The summed E-state index contributed by atoms with van der Waals surface area (Å²) in [5.41, 5.74) is 1.38. The van der Waals surface area contributed by atoms with Gasteiger partial charge in [0.2, 0.25) is 10.0 Å². The fourth-order valence-corrected chi connectivity index (χ4v) is 8.31. The van der Waals surface area contributed by atoms with Crippen LogP contribution in [0.5, 0.6) is 0 Å². The van der Waals surface area contributed by atoms with Crippen molar-refractivity contribution >= 4 is 25.7 Å². The average Bonchev–Trinajstić information content (AvgIpc) is 3.19. The number of nitrogens with zero attached hydrogens (tertiary/aromatic N) is 2. The first-order chi connectivity index (χ1) is 17.1. The van der Waals surface area contributed by atoms with Crippen LogP contribution in [0.2, 0.25) is 0 Å². The summed E-state index contributed by atoms with van der Waals surface area (Å²) in [4.78, 5) is -0.0540. The first-order valence-electron chi connectivity index (χ1n) is 11.6. The summed E-state index contributed by atoms with van der Waals surface area (Å²) in [5, 5.41) is 0. The second kappa shape index (κ2) is 9.24. The number of anilines is 1. The fraction of sp³-hybridized carbons (Fsp3) is 0.308. The minimum Gasteiger partial charge on any atom is -0.265 e. The van der Waals surface area contributed by atoms with E-state index in [0.29, 0.717) is 31.6 Å². The Bertz CT molecular complexity index is 1450. The maximum atomic E-state index is 13.6. The Hall–Kier alpha value is -2.82. The lowest BCUT2D eigenvalue weighted by molar-refractivity contribution is 0.151. The van der Waals surface area contributed by atoms with Gasteiger partial charge in [0.25, 0.3) is 16.4 Å². The Morgan fingerprint density at radius 2 is 1.42 bits per heavy atom. The molecule has 3 aromatic carbocycles. The monoisotopic (exact) mass is 532 g/mol. The lowest BCUT2D eigenvalue weighted by Crippen LogP contribution is -2.48. The molecular weight excluding hydrogens is 506 g/mol. The second-order valence-electron chi connectivity index (χ2n) is 9.32.